The van der Waals surface area contributed by atoms with Gasteiger partial charge in [-0.15, -0.1) is 0 Å². The number of amides is 1. The van der Waals surface area contributed by atoms with E-state index in [0.29, 0.717) is 28.7 Å². The first kappa shape index (κ1) is 20.6. The number of primary amides is 1. The van der Waals surface area contributed by atoms with E-state index in [9.17, 15) is 4.79 Å². The molecule has 0 aliphatic heterocycles. The Morgan fingerprint density at radius 1 is 0.938 bits per heavy atom. The van der Waals surface area contributed by atoms with Crippen LogP contribution in [-0.2, 0) is 0 Å². The van der Waals surface area contributed by atoms with Crippen LogP contribution < -0.4 is 27.3 Å². The molecule has 0 saturated carbocycles. The minimum atomic E-state index is -0.619. The summed E-state index contributed by atoms with van der Waals surface area (Å²) in [6.07, 6.45) is 1.46. The SMILES string of the molecule is Cc1ccc(-c2cc(Nc3ccc(Oc4ccnc(C(N)=O)c4)cc3)nc(N)n2)cc1N. The number of carbonyl (C=O) groups excluding carboxylic acids is 1. The first-order valence-corrected chi connectivity index (χ1v) is 9.69. The third-order valence-electron chi connectivity index (χ3n) is 4.66. The summed E-state index contributed by atoms with van der Waals surface area (Å²) in [5.41, 5.74) is 21.3. The summed E-state index contributed by atoms with van der Waals surface area (Å²) in [6, 6.07) is 17.9. The Balaban J connectivity index is 1.51. The number of ether oxygens (including phenoxy) is 1. The standard InChI is InChI=1S/C23H21N7O2/c1-13-2-3-14(10-18(13)24)19-12-21(30-23(26)29-19)28-15-4-6-16(7-5-15)32-17-8-9-27-20(11-17)22(25)31/h2-12H,24H2,1H3,(H2,25,31)(H3,26,28,29,30). The highest BCUT2D eigenvalue weighted by Crippen LogP contribution is 2.27. The molecule has 0 aliphatic carbocycles. The molecule has 9 nitrogen and oxygen atoms in total. The smallest absolute Gasteiger partial charge is 0.267 e. The Morgan fingerprint density at radius 2 is 1.72 bits per heavy atom. The quantitative estimate of drug-likeness (QED) is 0.340. The van der Waals surface area contributed by atoms with Gasteiger partial charge in [-0.3, -0.25) is 9.78 Å². The van der Waals surface area contributed by atoms with Gasteiger partial charge in [0.15, 0.2) is 0 Å². The predicted octanol–water partition coefficient (Wildman–Crippen LogP) is 3.65. The van der Waals surface area contributed by atoms with Crippen molar-refractivity contribution in [3.05, 3.63) is 78.1 Å². The van der Waals surface area contributed by atoms with Crippen LogP contribution in [0.25, 0.3) is 11.3 Å². The van der Waals surface area contributed by atoms with Gasteiger partial charge in [0, 0.05) is 35.3 Å². The molecule has 2 aromatic carbocycles. The zero-order valence-corrected chi connectivity index (χ0v) is 17.2. The van der Waals surface area contributed by atoms with E-state index in [2.05, 4.69) is 20.3 Å². The second kappa shape index (κ2) is 8.60. The minimum absolute atomic E-state index is 0.133. The first-order chi connectivity index (χ1) is 15.4. The van der Waals surface area contributed by atoms with Crippen molar-refractivity contribution < 1.29 is 9.53 Å². The number of pyridine rings is 1. The summed E-state index contributed by atoms with van der Waals surface area (Å²) in [4.78, 5) is 23.7. The summed E-state index contributed by atoms with van der Waals surface area (Å²) in [5.74, 6) is 1.11. The zero-order valence-electron chi connectivity index (χ0n) is 17.2. The molecule has 0 spiro atoms. The van der Waals surface area contributed by atoms with Crippen LogP contribution in [0.5, 0.6) is 11.5 Å². The lowest BCUT2D eigenvalue weighted by Crippen LogP contribution is -2.12. The van der Waals surface area contributed by atoms with Crippen molar-refractivity contribution in [2.75, 3.05) is 16.8 Å². The van der Waals surface area contributed by atoms with E-state index in [1.165, 1.54) is 12.3 Å². The number of nitrogen functional groups attached to an aromatic ring is 2. The number of aryl methyl sites for hydroxylation is 1. The van der Waals surface area contributed by atoms with Crippen molar-refractivity contribution >= 4 is 29.0 Å². The van der Waals surface area contributed by atoms with Crippen LogP contribution in [0.15, 0.2) is 66.9 Å². The van der Waals surface area contributed by atoms with Crippen molar-refractivity contribution in [1.29, 1.82) is 0 Å². The second-order valence-corrected chi connectivity index (χ2v) is 7.06. The van der Waals surface area contributed by atoms with Gasteiger partial charge in [-0.25, -0.2) is 4.98 Å². The molecule has 0 atom stereocenters. The van der Waals surface area contributed by atoms with Gasteiger partial charge in [-0.1, -0.05) is 12.1 Å². The first-order valence-electron chi connectivity index (χ1n) is 9.69. The summed E-state index contributed by atoms with van der Waals surface area (Å²) >= 11 is 0. The van der Waals surface area contributed by atoms with E-state index >= 15 is 0 Å². The Morgan fingerprint density at radius 3 is 2.44 bits per heavy atom. The van der Waals surface area contributed by atoms with Crippen LogP contribution in [0.2, 0.25) is 0 Å². The van der Waals surface area contributed by atoms with Crippen LogP contribution in [0.3, 0.4) is 0 Å². The molecule has 9 heteroatoms. The van der Waals surface area contributed by atoms with Crippen LogP contribution >= 0.6 is 0 Å². The highest BCUT2D eigenvalue weighted by molar-refractivity contribution is 5.91. The number of aromatic nitrogens is 3. The van der Waals surface area contributed by atoms with Gasteiger partial charge in [-0.2, -0.15) is 4.98 Å². The van der Waals surface area contributed by atoms with Gasteiger partial charge < -0.3 is 27.3 Å². The van der Waals surface area contributed by atoms with Gasteiger partial charge in [0.2, 0.25) is 5.95 Å². The number of rotatable bonds is 6. The Bertz CT molecular complexity index is 1290. The van der Waals surface area contributed by atoms with Gasteiger partial charge in [0.05, 0.1) is 5.69 Å². The second-order valence-electron chi connectivity index (χ2n) is 7.06. The zero-order chi connectivity index (χ0) is 22.7. The molecular formula is C23H21N7O2. The molecule has 1 amide bonds. The Labute approximate surface area is 184 Å². The fourth-order valence-electron chi connectivity index (χ4n) is 2.98. The molecule has 32 heavy (non-hydrogen) atoms. The van der Waals surface area contributed by atoms with Crippen molar-refractivity contribution in [1.82, 2.24) is 15.0 Å². The Kier molecular flexibility index (Phi) is 5.54. The van der Waals surface area contributed by atoms with Crippen LogP contribution in [-0.4, -0.2) is 20.9 Å². The van der Waals surface area contributed by atoms with Crippen molar-refractivity contribution in [3.63, 3.8) is 0 Å². The lowest BCUT2D eigenvalue weighted by atomic mass is 10.1. The topological polar surface area (TPSA) is 155 Å². The molecule has 2 aromatic heterocycles. The number of carbonyl (C=O) groups is 1. The van der Waals surface area contributed by atoms with E-state index in [1.54, 1.807) is 24.3 Å². The van der Waals surface area contributed by atoms with Gasteiger partial charge in [0.1, 0.15) is 23.0 Å². The highest BCUT2D eigenvalue weighted by Gasteiger charge is 2.08. The van der Waals surface area contributed by atoms with Crippen LogP contribution in [0.4, 0.5) is 23.1 Å². The monoisotopic (exact) mass is 427 g/mol. The van der Waals surface area contributed by atoms with E-state index in [-0.39, 0.29) is 11.6 Å². The number of anilines is 4. The number of nitrogens with one attached hydrogen (secondary N) is 1. The molecule has 4 rings (SSSR count). The fourth-order valence-corrected chi connectivity index (χ4v) is 2.98. The largest absolute Gasteiger partial charge is 0.457 e. The highest BCUT2D eigenvalue weighted by atomic mass is 16.5. The van der Waals surface area contributed by atoms with Crippen molar-refractivity contribution in [3.8, 4) is 22.8 Å². The summed E-state index contributed by atoms with van der Waals surface area (Å²) in [7, 11) is 0. The summed E-state index contributed by atoms with van der Waals surface area (Å²) < 4.78 is 5.76. The average Bonchev–Trinajstić information content (AvgIpc) is 2.77. The maximum Gasteiger partial charge on any atom is 0.267 e. The maximum atomic E-state index is 11.3. The third kappa shape index (κ3) is 4.73. The molecule has 0 unspecified atom stereocenters. The molecule has 0 radical (unpaired) electrons. The molecule has 0 aliphatic rings. The van der Waals surface area contributed by atoms with Gasteiger partial charge in [-0.05, 0) is 48.9 Å². The van der Waals surface area contributed by atoms with Gasteiger partial charge in [0.25, 0.3) is 5.91 Å². The Hall–Kier alpha value is -4.66. The predicted molar refractivity (Wildman–Crippen MR) is 124 cm³/mol. The molecule has 4 aromatic rings. The van der Waals surface area contributed by atoms with Crippen molar-refractivity contribution in [2.24, 2.45) is 5.73 Å². The average molecular weight is 427 g/mol. The van der Waals surface area contributed by atoms with E-state index < -0.39 is 5.91 Å². The summed E-state index contributed by atoms with van der Waals surface area (Å²) in [5, 5.41) is 3.21. The van der Waals surface area contributed by atoms with Gasteiger partial charge >= 0.3 is 0 Å². The van der Waals surface area contributed by atoms with Crippen LogP contribution in [0.1, 0.15) is 16.1 Å². The molecular weight excluding hydrogens is 406 g/mol. The lowest BCUT2D eigenvalue weighted by molar-refractivity contribution is 0.0995. The molecule has 160 valence electrons. The van der Waals surface area contributed by atoms with Crippen LogP contribution in [0, 0.1) is 6.92 Å². The molecule has 0 fully saturated rings. The molecule has 0 saturated heterocycles. The molecule has 2 heterocycles. The number of nitrogens with two attached hydrogens (primary N) is 3. The normalized spacial score (nSPS) is 10.5. The minimum Gasteiger partial charge on any atom is -0.457 e. The molecule has 0 bridgehead atoms. The third-order valence-corrected chi connectivity index (χ3v) is 4.66. The number of nitrogens with zero attached hydrogens (tertiary/aromatic N) is 3. The number of hydrogen-bond acceptors (Lipinski definition) is 8. The number of benzene rings is 2. The lowest BCUT2D eigenvalue weighted by Gasteiger charge is -2.11. The molecule has 7 N–H and O–H groups in total. The summed E-state index contributed by atoms with van der Waals surface area (Å²) in [6.45, 7) is 1.94. The fraction of sp³-hybridized carbons (Fsp3) is 0.0435. The maximum absolute atomic E-state index is 11.3. The van der Waals surface area contributed by atoms with E-state index in [4.69, 9.17) is 21.9 Å². The van der Waals surface area contributed by atoms with Crippen molar-refractivity contribution in [2.45, 2.75) is 6.92 Å². The van der Waals surface area contributed by atoms with E-state index in [1.807, 2.05) is 37.3 Å². The van der Waals surface area contributed by atoms with E-state index in [0.717, 1.165) is 16.8 Å². The number of hydrogen-bond donors (Lipinski definition) is 4.